The van der Waals surface area contributed by atoms with Crippen LogP contribution in [0.15, 0.2) is 18.2 Å². The largest absolute Gasteiger partial charge is 0.323 e. The van der Waals surface area contributed by atoms with Crippen LogP contribution in [0.3, 0.4) is 0 Å². The van der Waals surface area contributed by atoms with Crippen molar-refractivity contribution in [1.29, 1.82) is 0 Å². The van der Waals surface area contributed by atoms with Crippen molar-refractivity contribution in [3.63, 3.8) is 0 Å². The molecule has 1 aliphatic carbocycles. The van der Waals surface area contributed by atoms with Crippen molar-refractivity contribution in [2.45, 2.75) is 58.4 Å². The third kappa shape index (κ3) is 2.48. The molecular weight excluding hydrogens is 280 g/mol. The minimum atomic E-state index is -0.0504. The van der Waals surface area contributed by atoms with Crippen LogP contribution in [0.1, 0.15) is 62.8 Å². The van der Waals surface area contributed by atoms with E-state index >= 15 is 0 Å². The number of aryl methyl sites for hydroxylation is 1. The van der Waals surface area contributed by atoms with Gasteiger partial charge < -0.3 is 4.57 Å². The summed E-state index contributed by atoms with van der Waals surface area (Å²) < 4.78 is 2.44. The first-order valence-corrected chi connectivity index (χ1v) is 8.59. The fourth-order valence-electron chi connectivity index (χ4n) is 4.02. The molecule has 114 valence electrons. The second kappa shape index (κ2) is 5.64. The highest BCUT2D eigenvalue weighted by Crippen LogP contribution is 2.44. The number of imidazole rings is 1. The second-order valence-electron chi connectivity index (χ2n) is 6.62. The van der Waals surface area contributed by atoms with Crippen LogP contribution in [0.25, 0.3) is 11.0 Å². The lowest BCUT2D eigenvalue weighted by atomic mass is 9.93. The molecule has 1 aromatic carbocycles. The highest BCUT2D eigenvalue weighted by molar-refractivity contribution is 6.20. The van der Waals surface area contributed by atoms with E-state index in [1.807, 2.05) is 6.92 Å². The summed E-state index contributed by atoms with van der Waals surface area (Å²) in [5, 5.41) is -0.0504. The predicted molar refractivity (Wildman–Crippen MR) is 90.0 cm³/mol. The Morgan fingerprint density at radius 1 is 1.38 bits per heavy atom. The smallest absolute Gasteiger partial charge is 0.127 e. The number of halogens is 1. The fourth-order valence-corrected chi connectivity index (χ4v) is 4.17. The Labute approximate surface area is 132 Å². The molecule has 3 heteroatoms. The molecule has 1 aliphatic rings. The fraction of sp³-hybridized carbons (Fsp3) is 0.611. The number of alkyl halides is 1. The average Bonchev–Trinajstić information content (AvgIpc) is 2.98. The Hall–Kier alpha value is -1.02. The molecule has 1 saturated carbocycles. The third-order valence-electron chi connectivity index (χ3n) is 5.27. The van der Waals surface area contributed by atoms with E-state index < -0.39 is 0 Å². The maximum atomic E-state index is 6.43. The van der Waals surface area contributed by atoms with Gasteiger partial charge in [-0.1, -0.05) is 26.3 Å². The normalized spacial score (nSPS) is 27.4. The Bertz CT molecular complexity index is 644. The third-order valence-corrected chi connectivity index (χ3v) is 5.46. The molecule has 2 nitrogen and oxygen atoms in total. The Balaban J connectivity index is 2.15. The topological polar surface area (TPSA) is 17.8 Å². The van der Waals surface area contributed by atoms with E-state index in [2.05, 4.69) is 43.5 Å². The van der Waals surface area contributed by atoms with E-state index in [0.29, 0.717) is 12.0 Å². The van der Waals surface area contributed by atoms with E-state index in [1.54, 1.807) is 0 Å². The van der Waals surface area contributed by atoms with Gasteiger partial charge in [0.2, 0.25) is 0 Å². The van der Waals surface area contributed by atoms with Gasteiger partial charge in [0.15, 0.2) is 0 Å². The maximum absolute atomic E-state index is 6.43. The van der Waals surface area contributed by atoms with Crippen molar-refractivity contribution in [2.75, 3.05) is 0 Å². The van der Waals surface area contributed by atoms with Gasteiger partial charge in [-0.3, -0.25) is 0 Å². The first kappa shape index (κ1) is 14.9. The summed E-state index contributed by atoms with van der Waals surface area (Å²) in [6.07, 6.45) is 3.84. The van der Waals surface area contributed by atoms with E-state index in [-0.39, 0.29) is 5.38 Å². The van der Waals surface area contributed by atoms with Crippen LogP contribution in [-0.4, -0.2) is 9.55 Å². The molecule has 1 aromatic heterocycles. The molecule has 0 radical (unpaired) electrons. The van der Waals surface area contributed by atoms with Crippen LogP contribution in [-0.2, 0) is 0 Å². The van der Waals surface area contributed by atoms with Gasteiger partial charge in [0.25, 0.3) is 0 Å². The standard InChI is InChI=1S/C18H25ClN2/c1-5-14-7-9-16(12(14)3)21-17-10-11(2)6-8-15(17)20-18(21)13(4)19/h6,8,10,12-14,16H,5,7,9H2,1-4H3. The number of hydrogen-bond donors (Lipinski definition) is 0. The molecule has 0 saturated heterocycles. The maximum Gasteiger partial charge on any atom is 0.127 e. The van der Waals surface area contributed by atoms with Gasteiger partial charge in [-0.15, -0.1) is 11.6 Å². The summed E-state index contributed by atoms with van der Waals surface area (Å²) in [7, 11) is 0. The molecule has 0 aliphatic heterocycles. The monoisotopic (exact) mass is 304 g/mol. The molecule has 4 unspecified atom stereocenters. The zero-order chi connectivity index (χ0) is 15.1. The first-order chi connectivity index (χ1) is 10.0. The Kier molecular flexibility index (Phi) is 4.00. The van der Waals surface area contributed by atoms with Gasteiger partial charge in [0.1, 0.15) is 5.82 Å². The van der Waals surface area contributed by atoms with Gasteiger partial charge in [-0.25, -0.2) is 4.98 Å². The van der Waals surface area contributed by atoms with Gasteiger partial charge >= 0.3 is 0 Å². The summed E-state index contributed by atoms with van der Waals surface area (Å²) in [6, 6.07) is 7.06. The lowest BCUT2D eigenvalue weighted by Gasteiger charge is -2.24. The van der Waals surface area contributed by atoms with Crippen molar-refractivity contribution in [3.8, 4) is 0 Å². The molecule has 3 rings (SSSR count). The molecule has 0 bridgehead atoms. The van der Waals surface area contributed by atoms with Crippen LogP contribution in [0.2, 0.25) is 0 Å². The SMILES string of the molecule is CCC1CCC(n2c(C(C)Cl)nc3ccc(C)cc32)C1C. The summed E-state index contributed by atoms with van der Waals surface area (Å²) in [6.45, 7) is 8.89. The Morgan fingerprint density at radius 3 is 2.76 bits per heavy atom. The molecule has 1 heterocycles. The number of aromatic nitrogens is 2. The zero-order valence-electron chi connectivity index (χ0n) is 13.4. The summed E-state index contributed by atoms with van der Waals surface area (Å²) >= 11 is 6.43. The number of fused-ring (bicyclic) bond motifs is 1. The van der Waals surface area contributed by atoms with E-state index in [1.165, 1.54) is 30.3 Å². The molecule has 21 heavy (non-hydrogen) atoms. The van der Waals surface area contributed by atoms with Crippen LogP contribution in [0.5, 0.6) is 0 Å². The highest BCUT2D eigenvalue weighted by atomic mass is 35.5. The first-order valence-electron chi connectivity index (χ1n) is 8.15. The van der Waals surface area contributed by atoms with E-state index in [4.69, 9.17) is 16.6 Å². The van der Waals surface area contributed by atoms with E-state index in [9.17, 15) is 0 Å². The van der Waals surface area contributed by atoms with Crippen LogP contribution < -0.4 is 0 Å². The second-order valence-corrected chi connectivity index (χ2v) is 7.27. The van der Waals surface area contributed by atoms with Crippen molar-refractivity contribution < 1.29 is 0 Å². The molecule has 0 N–H and O–H groups in total. The predicted octanol–water partition coefficient (Wildman–Crippen LogP) is 5.64. The molecular formula is C18H25ClN2. The van der Waals surface area contributed by atoms with Crippen LogP contribution in [0.4, 0.5) is 0 Å². The minimum absolute atomic E-state index is 0.0504. The summed E-state index contributed by atoms with van der Waals surface area (Å²) in [5.41, 5.74) is 3.62. The molecule has 1 fully saturated rings. The number of rotatable bonds is 3. The van der Waals surface area contributed by atoms with Crippen LogP contribution in [0, 0.1) is 18.8 Å². The average molecular weight is 305 g/mol. The van der Waals surface area contributed by atoms with Crippen molar-refractivity contribution in [1.82, 2.24) is 9.55 Å². The number of nitrogens with zero attached hydrogens (tertiary/aromatic N) is 2. The molecule has 0 spiro atoms. The lowest BCUT2D eigenvalue weighted by Crippen LogP contribution is -2.18. The number of hydrogen-bond acceptors (Lipinski definition) is 1. The molecule has 0 amide bonds. The Morgan fingerprint density at radius 2 is 2.14 bits per heavy atom. The highest BCUT2D eigenvalue weighted by Gasteiger charge is 2.35. The minimum Gasteiger partial charge on any atom is -0.323 e. The number of benzene rings is 1. The van der Waals surface area contributed by atoms with Crippen molar-refractivity contribution in [2.24, 2.45) is 11.8 Å². The van der Waals surface area contributed by atoms with Crippen molar-refractivity contribution >= 4 is 22.6 Å². The molecule has 2 aromatic rings. The van der Waals surface area contributed by atoms with Gasteiger partial charge in [0, 0.05) is 6.04 Å². The van der Waals surface area contributed by atoms with Crippen molar-refractivity contribution in [3.05, 3.63) is 29.6 Å². The van der Waals surface area contributed by atoms with Gasteiger partial charge in [-0.2, -0.15) is 0 Å². The van der Waals surface area contributed by atoms with E-state index in [0.717, 1.165) is 17.3 Å². The van der Waals surface area contributed by atoms with Gasteiger partial charge in [0.05, 0.1) is 16.4 Å². The van der Waals surface area contributed by atoms with Gasteiger partial charge in [-0.05, 0) is 56.2 Å². The summed E-state index contributed by atoms with van der Waals surface area (Å²) in [5.74, 6) is 2.56. The van der Waals surface area contributed by atoms with Crippen LogP contribution >= 0.6 is 11.6 Å². The quantitative estimate of drug-likeness (QED) is 0.671. The lowest BCUT2D eigenvalue weighted by molar-refractivity contribution is 0.329. The summed E-state index contributed by atoms with van der Waals surface area (Å²) in [4.78, 5) is 4.81. The zero-order valence-corrected chi connectivity index (χ0v) is 14.2. The molecule has 4 atom stereocenters.